The summed E-state index contributed by atoms with van der Waals surface area (Å²) >= 11 is 0. The second kappa shape index (κ2) is 14.7. The van der Waals surface area contributed by atoms with Gasteiger partial charge in [0.1, 0.15) is 5.92 Å². The van der Waals surface area contributed by atoms with Crippen molar-refractivity contribution in [1.29, 1.82) is 0 Å². The molecule has 272 valence electrons. The van der Waals surface area contributed by atoms with E-state index in [9.17, 15) is 14.7 Å². The molecule has 2 aliphatic heterocycles. The Morgan fingerprint density at radius 2 is 1.65 bits per heavy atom. The number of carbonyl (C=O) groups excluding carboxylic acids is 2. The molecule has 1 unspecified atom stereocenters. The fourth-order valence-corrected chi connectivity index (χ4v) is 8.43. The van der Waals surface area contributed by atoms with E-state index in [0.717, 1.165) is 70.4 Å². The number of allylic oxidation sites excluding steroid dienone is 3. The zero-order valence-electron chi connectivity index (χ0n) is 31.6. The molecule has 0 saturated carbocycles. The van der Waals surface area contributed by atoms with Crippen LogP contribution in [0.25, 0.3) is 23.8 Å². The highest BCUT2D eigenvalue weighted by molar-refractivity contribution is 6.24. The topological polar surface area (TPSA) is 132 Å². The molecule has 0 aromatic carbocycles. The highest BCUT2D eigenvalue weighted by Gasteiger charge is 2.48. The van der Waals surface area contributed by atoms with Gasteiger partial charge >= 0.3 is 5.97 Å². The number of fused-ring (bicyclic) bond motifs is 7. The molecule has 0 amide bonds. The van der Waals surface area contributed by atoms with Gasteiger partial charge in [-0.3, -0.25) is 9.59 Å². The minimum atomic E-state index is -1.10. The molecule has 0 spiro atoms. The fourth-order valence-electron chi connectivity index (χ4n) is 8.43. The summed E-state index contributed by atoms with van der Waals surface area (Å²) in [5.41, 5.74) is 13.4. The maximum absolute atomic E-state index is 14.3. The number of Topliss-reactive ketones (excluding diaryl/α,β-unsaturated/α-hetero) is 1. The molecule has 4 atom stereocenters. The summed E-state index contributed by atoms with van der Waals surface area (Å²) in [5.74, 6) is -2.09. The van der Waals surface area contributed by atoms with Crippen LogP contribution in [0.2, 0.25) is 0 Å². The van der Waals surface area contributed by atoms with Crippen molar-refractivity contribution < 1.29 is 24.2 Å². The van der Waals surface area contributed by atoms with E-state index in [1.165, 1.54) is 34.9 Å². The van der Waals surface area contributed by atoms with Gasteiger partial charge < -0.3 is 34.8 Å². The fraction of sp³-hybridized carbons (Fsp3) is 0.476. The highest BCUT2D eigenvalue weighted by atomic mass is 16.6. The van der Waals surface area contributed by atoms with E-state index < -0.39 is 18.2 Å². The second-order valence-corrected chi connectivity index (χ2v) is 14.5. The standard InChI is InChI=1S/C42H54N4O5/c1-10-13-21(4)16-17-51-35(47)15-14-28-24(7)31-18-29-22(5)26(11-2)33(43-29)19-30-23(6)27(12-3)34(44-30)20-32-25(8)36-40(46-32)37(39(28)45-31)38(41(36)48)42(49)50-9/h16,18-20,24,28,35,38,43-47H,10-15,17H2,1-9H3/b21-16-,30-19-,31-18-,34-20-,39-37-/t24-,28-,35?,38+/m0/s1. The molecular weight excluding hydrogens is 640 g/mol. The van der Waals surface area contributed by atoms with Crippen molar-refractivity contribution in [2.75, 3.05) is 13.7 Å². The van der Waals surface area contributed by atoms with Crippen molar-refractivity contribution in [3.63, 3.8) is 0 Å². The number of ketones is 1. The lowest BCUT2D eigenvalue weighted by molar-refractivity contribution is -0.141. The van der Waals surface area contributed by atoms with Crippen molar-refractivity contribution in [2.24, 2.45) is 17.8 Å². The Balaban J connectivity index is 1.56. The van der Waals surface area contributed by atoms with Gasteiger partial charge in [0.05, 0.1) is 19.4 Å². The highest BCUT2D eigenvalue weighted by Crippen LogP contribution is 2.48. The van der Waals surface area contributed by atoms with E-state index >= 15 is 0 Å². The number of aromatic amines is 3. The Morgan fingerprint density at radius 1 is 0.941 bits per heavy atom. The van der Waals surface area contributed by atoms with E-state index in [4.69, 9.17) is 9.47 Å². The second-order valence-electron chi connectivity index (χ2n) is 14.5. The smallest absolute Gasteiger partial charge is 0.321 e. The third kappa shape index (κ3) is 6.51. The molecule has 9 heteroatoms. The van der Waals surface area contributed by atoms with Gasteiger partial charge in [-0.1, -0.05) is 45.8 Å². The number of ether oxygens (including phenoxy) is 2. The van der Waals surface area contributed by atoms with E-state index in [2.05, 4.69) is 87.0 Å². The SMILES string of the molecule is CCC/C(C)=C\COC(O)CC[C@@H]1/C2=C3/c4[nH]c(c(C)c4C(=O)[C@@H]3C(=O)OC)/C=c3\[nH]/c(c(C)c3CC)=C\c3[nH]c(c(C)c3CC)/C=C(\N2)[C@H]1C. The van der Waals surface area contributed by atoms with E-state index in [0.29, 0.717) is 36.3 Å². The lowest BCUT2D eigenvalue weighted by Crippen LogP contribution is -2.25. The molecule has 3 aromatic rings. The number of aromatic nitrogens is 3. The third-order valence-electron chi connectivity index (χ3n) is 11.4. The maximum Gasteiger partial charge on any atom is 0.321 e. The normalized spacial score (nSPS) is 24.0. The number of carbonyl (C=O) groups is 2. The van der Waals surface area contributed by atoms with Crippen LogP contribution in [0.4, 0.5) is 0 Å². The number of nitrogens with one attached hydrogen (secondary N) is 4. The number of aliphatic hydroxyl groups excluding tert-OH is 1. The summed E-state index contributed by atoms with van der Waals surface area (Å²) in [7, 11) is 1.33. The average molecular weight is 695 g/mol. The summed E-state index contributed by atoms with van der Waals surface area (Å²) < 4.78 is 11.1. The van der Waals surface area contributed by atoms with Crippen LogP contribution in [0.3, 0.4) is 0 Å². The van der Waals surface area contributed by atoms with E-state index in [1.54, 1.807) is 0 Å². The number of aliphatic hydroxyl groups is 1. The zero-order chi connectivity index (χ0) is 36.7. The molecule has 1 aliphatic carbocycles. The Labute approximate surface area is 301 Å². The molecule has 9 nitrogen and oxygen atoms in total. The molecule has 1 fully saturated rings. The number of hydrogen-bond acceptors (Lipinski definition) is 6. The number of H-pyrrole nitrogens is 3. The van der Waals surface area contributed by atoms with Gasteiger partial charge in [-0.15, -0.1) is 0 Å². The summed E-state index contributed by atoms with van der Waals surface area (Å²) in [6, 6.07) is 0. The zero-order valence-corrected chi connectivity index (χ0v) is 31.6. The van der Waals surface area contributed by atoms with Crippen LogP contribution >= 0.6 is 0 Å². The van der Waals surface area contributed by atoms with Gasteiger partial charge in [0, 0.05) is 62.1 Å². The molecule has 5 heterocycles. The third-order valence-corrected chi connectivity index (χ3v) is 11.4. The van der Waals surface area contributed by atoms with Crippen molar-refractivity contribution >= 4 is 35.6 Å². The molecule has 8 bridgehead atoms. The predicted octanol–water partition coefficient (Wildman–Crippen LogP) is 6.15. The van der Waals surface area contributed by atoms with Crippen LogP contribution in [-0.4, -0.2) is 51.8 Å². The largest absolute Gasteiger partial charge is 0.468 e. The maximum atomic E-state index is 14.3. The first-order valence-electron chi connectivity index (χ1n) is 18.6. The van der Waals surface area contributed by atoms with Gasteiger partial charge in [0.2, 0.25) is 0 Å². The molecule has 3 aromatic heterocycles. The average Bonchev–Trinajstić information content (AvgIpc) is 3.84. The first-order chi connectivity index (χ1) is 24.4. The minimum Gasteiger partial charge on any atom is -0.468 e. The number of methoxy groups -OCH3 is 1. The number of hydrogen-bond donors (Lipinski definition) is 5. The molecule has 1 saturated heterocycles. The van der Waals surface area contributed by atoms with Crippen LogP contribution < -0.4 is 16.0 Å². The van der Waals surface area contributed by atoms with E-state index in [1.807, 2.05) is 13.0 Å². The van der Waals surface area contributed by atoms with Crippen molar-refractivity contribution in [2.45, 2.75) is 100 Å². The Kier molecular flexibility index (Phi) is 10.5. The molecule has 5 N–H and O–H groups in total. The van der Waals surface area contributed by atoms with Crippen LogP contribution in [0.1, 0.15) is 121 Å². The molecule has 51 heavy (non-hydrogen) atoms. The van der Waals surface area contributed by atoms with E-state index in [-0.39, 0.29) is 17.6 Å². The van der Waals surface area contributed by atoms with Gasteiger partial charge in [0.15, 0.2) is 12.1 Å². The Morgan fingerprint density at radius 3 is 2.33 bits per heavy atom. The summed E-state index contributed by atoms with van der Waals surface area (Å²) in [6.07, 6.45) is 12.3. The first kappa shape index (κ1) is 36.5. The lowest BCUT2D eigenvalue weighted by Gasteiger charge is -2.21. The molecule has 6 rings (SSSR count). The monoisotopic (exact) mass is 694 g/mol. The summed E-state index contributed by atoms with van der Waals surface area (Å²) in [4.78, 5) is 38.8. The van der Waals surface area contributed by atoms with Crippen molar-refractivity contribution in [3.05, 3.63) is 89.9 Å². The first-order valence-corrected chi connectivity index (χ1v) is 18.6. The molecular formula is C42H54N4O5. The molecule has 3 aliphatic rings. The predicted molar refractivity (Wildman–Crippen MR) is 202 cm³/mol. The van der Waals surface area contributed by atoms with Crippen molar-refractivity contribution in [3.8, 4) is 0 Å². The number of rotatable bonds is 11. The Hall–Kier alpha value is -4.34. The van der Waals surface area contributed by atoms with Gasteiger partial charge in [-0.2, -0.15) is 0 Å². The van der Waals surface area contributed by atoms with Gasteiger partial charge in [0.25, 0.3) is 0 Å². The minimum absolute atomic E-state index is 0.0123. The van der Waals surface area contributed by atoms with Gasteiger partial charge in [-0.05, 0) is 106 Å². The van der Waals surface area contributed by atoms with Gasteiger partial charge in [-0.25, -0.2) is 0 Å². The lowest BCUT2D eigenvalue weighted by atomic mass is 9.85. The quantitative estimate of drug-likeness (QED) is 0.0709. The van der Waals surface area contributed by atoms with Crippen LogP contribution in [0.15, 0.2) is 23.0 Å². The van der Waals surface area contributed by atoms with Crippen LogP contribution in [-0.2, 0) is 27.1 Å². The van der Waals surface area contributed by atoms with Crippen LogP contribution in [0.5, 0.6) is 0 Å². The van der Waals surface area contributed by atoms with Crippen LogP contribution in [0, 0.1) is 38.5 Å². The summed E-state index contributed by atoms with van der Waals surface area (Å²) in [5, 5.41) is 16.7. The molecule has 0 radical (unpaired) electrons. The number of esters is 1. The van der Waals surface area contributed by atoms with Crippen molar-refractivity contribution in [1.82, 2.24) is 20.3 Å². The summed E-state index contributed by atoms with van der Waals surface area (Å²) in [6.45, 7) is 17.3. The Bertz CT molecular complexity index is 2080.